The first kappa shape index (κ1) is 19.8. The Labute approximate surface area is 165 Å². The molecule has 27 heavy (non-hydrogen) atoms. The highest BCUT2D eigenvalue weighted by molar-refractivity contribution is 6.30. The molecule has 2 N–H and O–H groups in total. The number of carbonyl (C=O) groups is 1. The van der Waals surface area contributed by atoms with Crippen molar-refractivity contribution in [2.24, 2.45) is 0 Å². The number of nitrogens with one attached hydrogen (secondary N) is 2. The van der Waals surface area contributed by atoms with Gasteiger partial charge in [-0.1, -0.05) is 48.0 Å². The zero-order valence-corrected chi connectivity index (χ0v) is 16.3. The molecule has 6 heteroatoms. The summed E-state index contributed by atoms with van der Waals surface area (Å²) in [6.45, 7) is 4.03. The molecular formula is C21H26ClN3O2. The highest BCUT2D eigenvalue weighted by atomic mass is 35.5. The van der Waals surface area contributed by atoms with Gasteiger partial charge in [0.05, 0.1) is 13.2 Å². The van der Waals surface area contributed by atoms with Crippen molar-refractivity contribution in [3.8, 4) is 0 Å². The second-order valence-electron chi connectivity index (χ2n) is 6.77. The highest BCUT2D eigenvalue weighted by Gasteiger charge is 2.25. The standard InChI is InChI=1S/C21H26ClN3O2/c1-27-15-17-7-5-16(6-8-17)12-24-21(26)14-25-10-9-23-13-20(25)18-3-2-4-19(22)11-18/h2-8,11,20,23H,9-10,12-15H2,1H3,(H,24,26). The Morgan fingerprint density at radius 2 is 2.04 bits per heavy atom. The van der Waals surface area contributed by atoms with Gasteiger partial charge in [0.2, 0.25) is 5.91 Å². The Morgan fingerprint density at radius 1 is 1.26 bits per heavy atom. The van der Waals surface area contributed by atoms with Gasteiger partial charge in [-0.3, -0.25) is 9.69 Å². The van der Waals surface area contributed by atoms with Crippen LogP contribution in [0.5, 0.6) is 0 Å². The first-order valence-electron chi connectivity index (χ1n) is 9.19. The summed E-state index contributed by atoms with van der Waals surface area (Å²) in [5, 5.41) is 7.15. The van der Waals surface area contributed by atoms with Gasteiger partial charge < -0.3 is 15.4 Å². The predicted octanol–water partition coefficient (Wildman–Crippen LogP) is 2.75. The molecule has 1 saturated heterocycles. The molecule has 2 aromatic carbocycles. The molecule has 0 bridgehead atoms. The molecule has 1 heterocycles. The number of hydrogen-bond donors (Lipinski definition) is 2. The van der Waals surface area contributed by atoms with Crippen molar-refractivity contribution in [2.45, 2.75) is 19.2 Å². The molecular weight excluding hydrogens is 362 g/mol. The highest BCUT2D eigenvalue weighted by Crippen LogP contribution is 2.24. The number of halogens is 1. The molecule has 1 atom stereocenters. The average Bonchev–Trinajstić information content (AvgIpc) is 2.68. The fourth-order valence-electron chi connectivity index (χ4n) is 3.34. The van der Waals surface area contributed by atoms with Gasteiger partial charge in [-0.15, -0.1) is 0 Å². The molecule has 0 spiro atoms. The first-order valence-corrected chi connectivity index (χ1v) is 9.57. The van der Waals surface area contributed by atoms with Crippen LogP contribution in [-0.4, -0.2) is 44.1 Å². The van der Waals surface area contributed by atoms with E-state index in [1.807, 2.05) is 42.5 Å². The van der Waals surface area contributed by atoms with E-state index in [-0.39, 0.29) is 11.9 Å². The van der Waals surface area contributed by atoms with Crippen molar-refractivity contribution in [1.29, 1.82) is 0 Å². The lowest BCUT2D eigenvalue weighted by molar-refractivity contribution is -0.123. The molecule has 1 amide bonds. The van der Waals surface area contributed by atoms with Crippen LogP contribution in [0, 0.1) is 0 Å². The van der Waals surface area contributed by atoms with Crippen LogP contribution in [0.2, 0.25) is 5.02 Å². The fourth-order valence-corrected chi connectivity index (χ4v) is 3.54. The van der Waals surface area contributed by atoms with Crippen molar-refractivity contribution in [1.82, 2.24) is 15.5 Å². The molecule has 1 unspecified atom stereocenters. The molecule has 0 aliphatic carbocycles. The third-order valence-electron chi connectivity index (χ3n) is 4.76. The van der Waals surface area contributed by atoms with Crippen molar-refractivity contribution in [3.05, 3.63) is 70.2 Å². The lowest BCUT2D eigenvalue weighted by Crippen LogP contribution is -2.49. The topological polar surface area (TPSA) is 53.6 Å². The summed E-state index contributed by atoms with van der Waals surface area (Å²) in [6.07, 6.45) is 0. The van der Waals surface area contributed by atoms with Crippen LogP contribution in [0.4, 0.5) is 0 Å². The summed E-state index contributed by atoms with van der Waals surface area (Å²) < 4.78 is 5.12. The lowest BCUT2D eigenvalue weighted by Gasteiger charge is -2.36. The van der Waals surface area contributed by atoms with E-state index in [2.05, 4.69) is 21.6 Å². The molecule has 1 aliphatic rings. The van der Waals surface area contributed by atoms with Crippen LogP contribution in [0.3, 0.4) is 0 Å². The monoisotopic (exact) mass is 387 g/mol. The summed E-state index contributed by atoms with van der Waals surface area (Å²) in [4.78, 5) is 14.7. The number of ether oxygens (including phenoxy) is 1. The Balaban J connectivity index is 1.55. The molecule has 0 radical (unpaired) electrons. The maximum atomic E-state index is 12.5. The summed E-state index contributed by atoms with van der Waals surface area (Å²) in [5.74, 6) is 0.0323. The maximum Gasteiger partial charge on any atom is 0.234 e. The average molecular weight is 388 g/mol. The summed E-state index contributed by atoms with van der Waals surface area (Å²) in [7, 11) is 1.68. The van der Waals surface area contributed by atoms with Crippen molar-refractivity contribution >= 4 is 17.5 Å². The molecule has 1 aliphatic heterocycles. The molecule has 0 aromatic heterocycles. The normalized spacial score (nSPS) is 17.6. The number of methoxy groups -OCH3 is 1. The van der Waals surface area contributed by atoms with E-state index in [4.69, 9.17) is 16.3 Å². The molecule has 2 aromatic rings. The van der Waals surface area contributed by atoms with Gasteiger partial charge in [0.1, 0.15) is 0 Å². The summed E-state index contributed by atoms with van der Waals surface area (Å²) >= 11 is 6.14. The van der Waals surface area contributed by atoms with E-state index in [1.54, 1.807) is 7.11 Å². The minimum absolute atomic E-state index is 0.0323. The number of rotatable bonds is 7. The van der Waals surface area contributed by atoms with Gasteiger partial charge in [0.25, 0.3) is 0 Å². The van der Waals surface area contributed by atoms with Crippen molar-refractivity contribution in [3.63, 3.8) is 0 Å². The number of piperazine rings is 1. The van der Waals surface area contributed by atoms with E-state index >= 15 is 0 Å². The van der Waals surface area contributed by atoms with E-state index in [1.165, 1.54) is 0 Å². The number of benzene rings is 2. The molecule has 0 saturated carbocycles. The number of carbonyl (C=O) groups excluding carboxylic acids is 1. The van der Waals surface area contributed by atoms with E-state index < -0.39 is 0 Å². The van der Waals surface area contributed by atoms with Crippen molar-refractivity contribution < 1.29 is 9.53 Å². The van der Waals surface area contributed by atoms with Gasteiger partial charge >= 0.3 is 0 Å². The SMILES string of the molecule is COCc1ccc(CNC(=O)CN2CCNCC2c2cccc(Cl)c2)cc1. The minimum Gasteiger partial charge on any atom is -0.380 e. The van der Waals surface area contributed by atoms with Gasteiger partial charge in [0, 0.05) is 44.4 Å². The van der Waals surface area contributed by atoms with Gasteiger partial charge in [-0.05, 0) is 28.8 Å². The van der Waals surface area contributed by atoms with Gasteiger partial charge in [0.15, 0.2) is 0 Å². The zero-order chi connectivity index (χ0) is 19.1. The summed E-state index contributed by atoms with van der Waals surface area (Å²) in [6, 6.07) is 16.1. The third kappa shape index (κ3) is 5.78. The lowest BCUT2D eigenvalue weighted by atomic mass is 10.0. The second kappa shape index (κ2) is 9.85. The van der Waals surface area contributed by atoms with Crippen LogP contribution >= 0.6 is 11.6 Å². The first-order chi connectivity index (χ1) is 13.2. The van der Waals surface area contributed by atoms with E-state index in [0.717, 1.165) is 41.3 Å². The number of hydrogen-bond acceptors (Lipinski definition) is 4. The fraction of sp³-hybridized carbons (Fsp3) is 0.381. The van der Waals surface area contributed by atoms with Crippen LogP contribution in [0.25, 0.3) is 0 Å². The maximum absolute atomic E-state index is 12.5. The van der Waals surface area contributed by atoms with E-state index in [9.17, 15) is 4.79 Å². The van der Waals surface area contributed by atoms with Gasteiger partial charge in [-0.25, -0.2) is 0 Å². The molecule has 3 rings (SSSR count). The molecule has 144 valence electrons. The van der Waals surface area contributed by atoms with Gasteiger partial charge in [-0.2, -0.15) is 0 Å². The second-order valence-corrected chi connectivity index (χ2v) is 7.21. The summed E-state index contributed by atoms with van der Waals surface area (Å²) in [5.41, 5.74) is 3.34. The number of amides is 1. The number of nitrogens with zero attached hydrogens (tertiary/aromatic N) is 1. The third-order valence-corrected chi connectivity index (χ3v) is 4.99. The minimum atomic E-state index is 0.0323. The Bertz CT molecular complexity index is 751. The zero-order valence-electron chi connectivity index (χ0n) is 15.6. The Hall–Kier alpha value is -1.92. The van der Waals surface area contributed by atoms with Crippen LogP contribution in [0.1, 0.15) is 22.7 Å². The molecule has 1 fully saturated rings. The van der Waals surface area contributed by atoms with Crippen LogP contribution in [-0.2, 0) is 22.7 Å². The van der Waals surface area contributed by atoms with Crippen LogP contribution in [0.15, 0.2) is 48.5 Å². The molecule has 5 nitrogen and oxygen atoms in total. The van der Waals surface area contributed by atoms with Crippen LogP contribution < -0.4 is 10.6 Å². The van der Waals surface area contributed by atoms with E-state index in [0.29, 0.717) is 19.7 Å². The predicted molar refractivity (Wildman–Crippen MR) is 108 cm³/mol. The largest absolute Gasteiger partial charge is 0.380 e. The smallest absolute Gasteiger partial charge is 0.234 e. The van der Waals surface area contributed by atoms with Crippen molar-refractivity contribution in [2.75, 3.05) is 33.3 Å². The Morgan fingerprint density at radius 3 is 2.78 bits per heavy atom. The Kier molecular flexibility index (Phi) is 7.24. The quantitative estimate of drug-likeness (QED) is 0.767.